The van der Waals surface area contributed by atoms with Crippen LogP contribution in [0.1, 0.15) is 65.2 Å². The van der Waals surface area contributed by atoms with E-state index in [4.69, 9.17) is 5.11 Å². The molecule has 0 radical (unpaired) electrons. The van der Waals surface area contributed by atoms with Crippen molar-refractivity contribution in [2.75, 3.05) is 0 Å². The molecule has 0 aromatic rings. The number of aliphatic hydroxyl groups excluding tert-OH is 1. The highest BCUT2D eigenvalue weighted by Crippen LogP contribution is 2.33. The van der Waals surface area contributed by atoms with Gasteiger partial charge in [-0.3, -0.25) is 9.59 Å². The van der Waals surface area contributed by atoms with Crippen LogP contribution in [0.25, 0.3) is 0 Å². The van der Waals surface area contributed by atoms with E-state index >= 15 is 0 Å². The first-order valence-corrected chi connectivity index (χ1v) is 9.29. The topological polar surface area (TPSA) is 74.6 Å². The van der Waals surface area contributed by atoms with Crippen LogP contribution in [0.2, 0.25) is 0 Å². The maximum atomic E-state index is 12.1. The number of carboxylic acids is 1. The van der Waals surface area contributed by atoms with Gasteiger partial charge in [0.15, 0.2) is 0 Å². The SMILES string of the molecule is CC(C)=CCCC(O)C=C[C@H]1CCC(=O)[C@@H]1CC=CCCCC(=O)O. The van der Waals surface area contributed by atoms with E-state index < -0.39 is 12.1 Å². The molecular formula is C21H32O4. The van der Waals surface area contributed by atoms with Crippen molar-refractivity contribution in [2.24, 2.45) is 11.8 Å². The molecule has 3 atom stereocenters. The number of hydrogen-bond acceptors (Lipinski definition) is 3. The summed E-state index contributed by atoms with van der Waals surface area (Å²) in [6.45, 7) is 4.10. The largest absolute Gasteiger partial charge is 0.481 e. The van der Waals surface area contributed by atoms with Crippen molar-refractivity contribution in [3.8, 4) is 0 Å². The maximum absolute atomic E-state index is 12.1. The second-order valence-electron chi connectivity index (χ2n) is 7.08. The summed E-state index contributed by atoms with van der Waals surface area (Å²) in [6.07, 6.45) is 14.8. The summed E-state index contributed by atoms with van der Waals surface area (Å²) in [7, 11) is 0. The van der Waals surface area contributed by atoms with Crippen molar-refractivity contribution in [1.82, 2.24) is 0 Å². The molecule has 1 aliphatic rings. The van der Waals surface area contributed by atoms with E-state index in [1.54, 1.807) is 0 Å². The molecule has 25 heavy (non-hydrogen) atoms. The zero-order valence-corrected chi connectivity index (χ0v) is 15.5. The second-order valence-corrected chi connectivity index (χ2v) is 7.08. The van der Waals surface area contributed by atoms with Crippen molar-refractivity contribution in [3.63, 3.8) is 0 Å². The summed E-state index contributed by atoms with van der Waals surface area (Å²) in [4.78, 5) is 22.5. The monoisotopic (exact) mass is 348 g/mol. The number of ketones is 1. The summed E-state index contributed by atoms with van der Waals surface area (Å²) >= 11 is 0. The van der Waals surface area contributed by atoms with Gasteiger partial charge in [0.05, 0.1) is 6.10 Å². The molecule has 1 aliphatic carbocycles. The van der Waals surface area contributed by atoms with Crippen LogP contribution in [0.3, 0.4) is 0 Å². The van der Waals surface area contributed by atoms with Crippen LogP contribution >= 0.6 is 0 Å². The summed E-state index contributed by atoms with van der Waals surface area (Å²) in [6, 6.07) is 0. The molecule has 0 aromatic carbocycles. The average Bonchev–Trinajstić information content (AvgIpc) is 2.88. The third-order valence-electron chi connectivity index (χ3n) is 4.57. The molecule has 0 bridgehead atoms. The number of rotatable bonds is 11. The van der Waals surface area contributed by atoms with Crippen LogP contribution in [0, 0.1) is 11.8 Å². The Morgan fingerprint density at radius 2 is 2.04 bits per heavy atom. The molecule has 1 saturated carbocycles. The van der Waals surface area contributed by atoms with Gasteiger partial charge in [0.2, 0.25) is 0 Å². The normalized spacial score (nSPS) is 22.0. The Balaban J connectivity index is 2.40. The highest BCUT2D eigenvalue weighted by molar-refractivity contribution is 5.83. The molecule has 1 unspecified atom stereocenters. The van der Waals surface area contributed by atoms with Crippen molar-refractivity contribution in [1.29, 1.82) is 0 Å². The molecule has 2 N–H and O–H groups in total. The molecule has 0 amide bonds. The quantitative estimate of drug-likeness (QED) is 0.427. The van der Waals surface area contributed by atoms with Gasteiger partial charge in [-0.1, -0.05) is 36.0 Å². The van der Waals surface area contributed by atoms with E-state index in [0.29, 0.717) is 31.5 Å². The third-order valence-corrected chi connectivity index (χ3v) is 4.57. The summed E-state index contributed by atoms with van der Waals surface area (Å²) < 4.78 is 0. The number of unbranched alkanes of at least 4 members (excludes halogenated alkanes) is 1. The number of allylic oxidation sites excluding steroid dienone is 5. The van der Waals surface area contributed by atoms with Crippen LogP contribution in [0.4, 0.5) is 0 Å². The molecule has 0 aromatic heterocycles. The predicted octanol–water partition coefficient (Wildman–Crippen LogP) is 4.45. The number of carbonyl (C=O) groups is 2. The first-order chi connectivity index (χ1) is 11.9. The minimum atomic E-state index is -0.771. The Hall–Kier alpha value is -1.68. The number of carboxylic acid groups (broad SMARTS) is 1. The van der Waals surface area contributed by atoms with E-state index in [9.17, 15) is 14.7 Å². The zero-order chi connectivity index (χ0) is 18.7. The summed E-state index contributed by atoms with van der Waals surface area (Å²) in [5.74, 6) is -0.275. The van der Waals surface area contributed by atoms with E-state index in [2.05, 4.69) is 6.08 Å². The Kier molecular flexibility index (Phi) is 10.1. The molecule has 1 rings (SSSR count). The third kappa shape index (κ3) is 9.40. The highest BCUT2D eigenvalue weighted by Gasteiger charge is 2.31. The van der Waals surface area contributed by atoms with Gasteiger partial charge >= 0.3 is 5.97 Å². The minimum Gasteiger partial charge on any atom is -0.481 e. The molecular weight excluding hydrogens is 316 g/mol. The molecule has 4 heteroatoms. The first kappa shape index (κ1) is 21.4. The van der Waals surface area contributed by atoms with Gasteiger partial charge in [-0.2, -0.15) is 0 Å². The Morgan fingerprint density at radius 3 is 2.72 bits per heavy atom. The number of aliphatic hydroxyl groups is 1. The van der Waals surface area contributed by atoms with Crippen LogP contribution in [0.15, 0.2) is 36.0 Å². The van der Waals surface area contributed by atoms with Gasteiger partial charge in [0, 0.05) is 18.8 Å². The maximum Gasteiger partial charge on any atom is 0.303 e. The van der Waals surface area contributed by atoms with E-state index in [-0.39, 0.29) is 18.3 Å². The van der Waals surface area contributed by atoms with E-state index in [1.807, 2.05) is 38.2 Å². The molecule has 0 aliphatic heterocycles. The van der Waals surface area contributed by atoms with Crippen molar-refractivity contribution < 1.29 is 19.8 Å². The van der Waals surface area contributed by atoms with Gasteiger partial charge in [-0.25, -0.2) is 0 Å². The lowest BCUT2D eigenvalue weighted by Crippen LogP contribution is -2.13. The Bertz CT molecular complexity index is 512. The van der Waals surface area contributed by atoms with Crippen LogP contribution in [-0.4, -0.2) is 28.1 Å². The van der Waals surface area contributed by atoms with Gasteiger partial charge in [-0.05, 0) is 58.3 Å². The van der Waals surface area contributed by atoms with Crippen molar-refractivity contribution >= 4 is 11.8 Å². The molecule has 1 fully saturated rings. The fourth-order valence-electron chi connectivity index (χ4n) is 3.11. The summed E-state index contributed by atoms with van der Waals surface area (Å²) in [5.41, 5.74) is 1.26. The lowest BCUT2D eigenvalue weighted by atomic mass is 9.91. The fraction of sp³-hybridized carbons (Fsp3) is 0.619. The van der Waals surface area contributed by atoms with Gasteiger partial charge in [0.25, 0.3) is 0 Å². The van der Waals surface area contributed by atoms with Gasteiger partial charge in [-0.15, -0.1) is 0 Å². The van der Waals surface area contributed by atoms with Crippen molar-refractivity contribution in [3.05, 3.63) is 36.0 Å². The molecule has 140 valence electrons. The lowest BCUT2D eigenvalue weighted by Gasteiger charge is -2.13. The number of carbonyl (C=O) groups excluding carboxylic acids is 1. The van der Waals surface area contributed by atoms with E-state index in [1.165, 1.54) is 5.57 Å². The molecule has 0 spiro atoms. The van der Waals surface area contributed by atoms with Gasteiger partial charge < -0.3 is 10.2 Å². The highest BCUT2D eigenvalue weighted by atomic mass is 16.4. The summed E-state index contributed by atoms with van der Waals surface area (Å²) in [5, 5.41) is 18.6. The molecule has 0 heterocycles. The number of hydrogen-bond donors (Lipinski definition) is 2. The average molecular weight is 348 g/mol. The lowest BCUT2D eigenvalue weighted by molar-refractivity contribution is -0.137. The predicted molar refractivity (Wildman–Crippen MR) is 100 cm³/mol. The second kappa shape index (κ2) is 11.8. The number of aliphatic carboxylic acids is 1. The number of Topliss-reactive ketones (excluding diaryl/α,β-unsaturated/α-hetero) is 1. The Labute approximate surface area is 151 Å². The van der Waals surface area contributed by atoms with Gasteiger partial charge in [0.1, 0.15) is 5.78 Å². The van der Waals surface area contributed by atoms with Crippen LogP contribution in [0.5, 0.6) is 0 Å². The smallest absolute Gasteiger partial charge is 0.303 e. The molecule has 4 nitrogen and oxygen atoms in total. The fourth-order valence-corrected chi connectivity index (χ4v) is 3.11. The Morgan fingerprint density at radius 1 is 1.28 bits per heavy atom. The van der Waals surface area contributed by atoms with Crippen LogP contribution < -0.4 is 0 Å². The minimum absolute atomic E-state index is 0.00282. The zero-order valence-electron chi connectivity index (χ0n) is 15.5. The van der Waals surface area contributed by atoms with Crippen molar-refractivity contribution in [2.45, 2.75) is 71.3 Å². The molecule has 0 saturated heterocycles. The standard InChI is InChI=1S/C21H32O4/c1-16(2)8-7-9-18(22)14-12-17-13-15-20(23)19(17)10-5-3-4-6-11-21(24)25/h3,5,8,12,14,17-19,22H,4,6-7,9-11,13,15H2,1-2H3,(H,24,25)/t17-,18?,19+/m0/s1. The first-order valence-electron chi connectivity index (χ1n) is 9.29. The van der Waals surface area contributed by atoms with E-state index in [0.717, 1.165) is 19.3 Å². The van der Waals surface area contributed by atoms with Crippen LogP contribution in [-0.2, 0) is 9.59 Å².